The van der Waals surface area contributed by atoms with Crippen molar-refractivity contribution >= 4 is 43.4 Å². The lowest BCUT2D eigenvalue weighted by Crippen LogP contribution is -2.35. The van der Waals surface area contributed by atoms with Crippen molar-refractivity contribution in [3.8, 4) is 5.75 Å². The number of aromatic hydroxyl groups is 1. The zero-order valence-corrected chi connectivity index (χ0v) is 16.5. The van der Waals surface area contributed by atoms with Crippen LogP contribution in [0.4, 0.5) is 0 Å². The van der Waals surface area contributed by atoms with Crippen molar-refractivity contribution in [1.82, 2.24) is 0 Å². The molecule has 2 aromatic rings. The molecule has 0 bridgehead atoms. The average Bonchev–Trinajstić information content (AvgIpc) is 2.96. The minimum atomic E-state index is -3.74. The Morgan fingerprint density at radius 1 is 1.08 bits per heavy atom. The quantitative estimate of drug-likeness (QED) is 0.711. The molecule has 0 fully saturated rings. The van der Waals surface area contributed by atoms with Crippen molar-refractivity contribution in [3.05, 3.63) is 69.5 Å². The second-order valence-electron chi connectivity index (χ2n) is 5.97. The molecule has 128 valence electrons. The Morgan fingerprint density at radius 2 is 1.72 bits per heavy atom. The van der Waals surface area contributed by atoms with E-state index in [2.05, 4.69) is 22.0 Å². The SMILES string of the molecule is C[C@H]1c2ccccc2C2SC(Br)=CC2=[N+]1S(=O)(=O)c1ccc(O)cc1. The van der Waals surface area contributed by atoms with Gasteiger partial charge in [0, 0.05) is 18.6 Å². The first-order valence-electron chi connectivity index (χ1n) is 7.72. The van der Waals surface area contributed by atoms with Gasteiger partial charge in [0.15, 0.2) is 6.04 Å². The maximum atomic E-state index is 13.3. The van der Waals surface area contributed by atoms with E-state index in [1.54, 1.807) is 11.8 Å². The van der Waals surface area contributed by atoms with Crippen molar-refractivity contribution in [2.45, 2.75) is 23.1 Å². The number of rotatable bonds is 2. The van der Waals surface area contributed by atoms with Gasteiger partial charge in [-0.25, -0.2) is 0 Å². The molecule has 0 saturated carbocycles. The summed E-state index contributed by atoms with van der Waals surface area (Å²) in [4.78, 5) is 0.171. The number of hydrogen-bond acceptors (Lipinski definition) is 4. The van der Waals surface area contributed by atoms with Crippen LogP contribution in [-0.2, 0) is 10.0 Å². The number of fused-ring (bicyclic) bond motifs is 3. The van der Waals surface area contributed by atoms with Crippen molar-refractivity contribution in [1.29, 1.82) is 0 Å². The van der Waals surface area contributed by atoms with Crippen LogP contribution in [0.1, 0.15) is 29.3 Å². The molecule has 1 unspecified atom stereocenters. The Bertz CT molecular complexity index is 1030. The molecule has 0 radical (unpaired) electrons. The number of phenols is 1. The molecule has 2 aromatic carbocycles. The fourth-order valence-electron chi connectivity index (χ4n) is 3.36. The molecule has 0 amide bonds. The molecular formula is C18H15BrNO3S2+. The van der Waals surface area contributed by atoms with Crippen LogP contribution in [0.5, 0.6) is 5.75 Å². The molecule has 0 saturated heterocycles. The normalized spacial score (nSPS) is 22.4. The molecular weight excluding hydrogens is 422 g/mol. The van der Waals surface area contributed by atoms with Gasteiger partial charge in [0.25, 0.3) is 0 Å². The van der Waals surface area contributed by atoms with E-state index in [-0.39, 0.29) is 21.9 Å². The van der Waals surface area contributed by atoms with Gasteiger partial charge in [-0.1, -0.05) is 36.0 Å². The minimum Gasteiger partial charge on any atom is -0.508 e. The molecule has 2 aliphatic rings. The average molecular weight is 437 g/mol. The van der Waals surface area contributed by atoms with E-state index in [9.17, 15) is 13.5 Å². The summed E-state index contributed by atoms with van der Waals surface area (Å²) < 4.78 is 29.1. The van der Waals surface area contributed by atoms with Gasteiger partial charge < -0.3 is 5.11 Å². The van der Waals surface area contributed by atoms with Crippen LogP contribution in [0.15, 0.2) is 63.3 Å². The van der Waals surface area contributed by atoms with Crippen LogP contribution >= 0.6 is 27.7 Å². The maximum Gasteiger partial charge on any atom is 0.395 e. The molecule has 0 aromatic heterocycles. The molecule has 4 rings (SSSR count). The molecule has 2 atom stereocenters. The summed E-state index contributed by atoms with van der Waals surface area (Å²) in [5, 5.41) is 9.42. The van der Waals surface area contributed by atoms with Gasteiger partial charge >= 0.3 is 10.0 Å². The monoisotopic (exact) mass is 436 g/mol. The van der Waals surface area contributed by atoms with E-state index in [4.69, 9.17) is 0 Å². The lowest BCUT2D eigenvalue weighted by Gasteiger charge is -2.25. The predicted molar refractivity (Wildman–Crippen MR) is 103 cm³/mol. The number of nitrogens with zero attached hydrogens (tertiary/aromatic N) is 1. The third-order valence-corrected chi connectivity index (χ3v) is 8.27. The molecule has 1 N–H and O–H groups in total. The fourth-order valence-corrected chi connectivity index (χ4v) is 6.95. The molecule has 0 aliphatic carbocycles. The molecule has 7 heteroatoms. The van der Waals surface area contributed by atoms with E-state index >= 15 is 0 Å². The Labute approximate surface area is 159 Å². The number of halogens is 1. The van der Waals surface area contributed by atoms with Crippen LogP contribution in [-0.4, -0.2) is 23.2 Å². The molecule has 0 spiro atoms. The lowest BCUT2D eigenvalue weighted by molar-refractivity contribution is -0.419. The van der Waals surface area contributed by atoms with Crippen LogP contribution in [0.3, 0.4) is 0 Å². The van der Waals surface area contributed by atoms with Crippen LogP contribution < -0.4 is 0 Å². The van der Waals surface area contributed by atoms with Crippen molar-refractivity contribution in [2.24, 2.45) is 0 Å². The van der Waals surface area contributed by atoms with Crippen LogP contribution in [0, 0.1) is 0 Å². The Kier molecular flexibility index (Phi) is 4.05. The number of phenolic OH excluding ortho intramolecular Hbond substituents is 1. The maximum absolute atomic E-state index is 13.3. The lowest BCUT2D eigenvalue weighted by atomic mass is 9.94. The standard InChI is InChI=1S/C18H14BrNO3S2/c1-11-14-4-2-3-5-15(14)18-16(10-17(19)24-18)20(11)25(22,23)13-8-6-12(21)7-9-13/h2-11,18H,1H3/p+1/t11-,18?/m0/s1. The van der Waals surface area contributed by atoms with Gasteiger partial charge in [-0.2, -0.15) is 8.42 Å². The highest BCUT2D eigenvalue weighted by molar-refractivity contribution is 9.14. The highest BCUT2D eigenvalue weighted by Crippen LogP contribution is 2.50. The highest BCUT2D eigenvalue weighted by Gasteiger charge is 2.47. The van der Waals surface area contributed by atoms with Crippen molar-refractivity contribution in [2.75, 3.05) is 0 Å². The highest BCUT2D eigenvalue weighted by atomic mass is 79.9. The number of benzene rings is 2. The second kappa shape index (κ2) is 6.00. The first kappa shape index (κ1) is 16.9. The summed E-state index contributed by atoms with van der Waals surface area (Å²) in [6, 6.07) is 13.3. The van der Waals surface area contributed by atoms with E-state index in [0.29, 0.717) is 0 Å². The summed E-state index contributed by atoms with van der Waals surface area (Å²) in [7, 11) is -3.74. The Hall–Kier alpha value is -1.57. The summed E-state index contributed by atoms with van der Waals surface area (Å²) in [6.07, 6.45) is 1.89. The Morgan fingerprint density at radius 3 is 2.40 bits per heavy atom. The molecule has 4 nitrogen and oxygen atoms in total. The first-order valence-corrected chi connectivity index (χ1v) is 10.8. The second-order valence-corrected chi connectivity index (χ2v) is 10.3. The number of sulfonamides is 1. The topological polar surface area (TPSA) is 57.4 Å². The molecule has 2 aliphatic heterocycles. The molecule has 25 heavy (non-hydrogen) atoms. The largest absolute Gasteiger partial charge is 0.508 e. The van der Waals surface area contributed by atoms with Gasteiger partial charge in [0.05, 0.1) is 3.81 Å². The van der Waals surface area contributed by atoms with Gasteiger partial charge in [0.2, 0.25) is 5.71 Å². The summed E-state index contributed by atoms with van der Waals surface area (Å²) in [5.41, 5.74) is 2.93. The van der Waals surface area contributed by atoms with E-state index in [0.717, 1.165) is 20.7 Å². The number of hydrogen-bond donors (Lipinski definition) is 1. The third kappa shape index (κ3) is 2.65. The van der Waals surface area contributed by atoms with Gasteiger partial charge in [-0.3, -0.25) is 0 Å². The van der Waals surface area contributed by atoms with Crippen LogP contribution in [0.25, 0.3) is 0 Å². The van der Waals surface area contributed by atoms with Gasteiger partial charge in [-0.05, 0) is 45.8 Å². The number of allylic oxidation sites excluding steroid dienone is 1. The minimum absolute atomic E-state index is 0.0422. The zero-order valence-electron chi connectivity index (χ0n) is 13.3. The Balaban J connectivity index is 1.96. The van der Waals surface area contributed by atoms with E-state index in [1.165, 1.54) is 28.2 Å². The zero-order chi connectivity index (χ0) is 17.8. The summed E-state index contributed by atoms with van der Waals surface area (Å²) in [5.74, 6) is 0.0422. The fraction of sp³-hybridized carbons (Fsp3) is 0.167. The summed E-state index contributed by atoms with van der Waals surface area (Å²) >= 11 is 5.12. The van der Waals surface area contributed by atoms with E-state index in [1.807, 2.05) is 31.2 Å². The van der Waals surface area contributed by atoms with Gasteiger partial charge in [0.1, 0.15) is 15.9 Å². The van der Waals surface area contributed by atoms with Crippen LogP contribution in [0.2, 0.25) is 0 Å². The first-order chi connectivity index (χ1) is 11.9. The van der Waals surface area contributed by atoms with Crippen molar-refractivity contribution < 1.29 is 17.5 Å². The number of thioether (sulfide) groups is 1. The predicted octanol–water partition coefficient (Wildman–Crippen LogP) is 4.33. The summed E-state index contributed by atoms with van der Waals surface area (Å²) in [6.45, 7) is 1.91. The van der Waals surface area contributed by atoms with Crippen molar-refractivity contribution in [3.63, 3.8) is 0 Å². The third-order valence-electron chi connectivity index (χ3n) is 4.49. The van der Waals surface area contributed by atoms with E-state index < -0.39 is 10.0 Å². The van der Waals surface area contributed by atoms with Gasteiger partial charge in [-0.15, -0.1) is 3.98 Å². The molecule has 2 heterocycles. The smallest absolute Gasteiger partial charge is 0.395 e.